The number of halogens is 1. The largest absolute Gasteiger partial charge is 0.504 e. The Balaban J connectivity index is 1.99. The van der Waals surface area contributed by atoms with Gasteiger partial charge in [0.15, 0.2) is 0 Å². The Hall–Kier alpha value is -0.760. The molecule has 0 saturated heterocycles. The molecule has 0 radical (unpaired) electrons. The van der Waals surface area contributed by atoms with Crippen molar-refractivity contribution in [2.75, 3.05) is 7.11 Å². The molecule has 0 aliphatic heterocycles. The van der Waals surface area contributed by atoms with Crippen LogP contribution in [-0.4, -0.2) is 7.11 Å². The molecule has 0 atom stereocenters. The molecule has 1 nitrogen and oxygen atoms in total. The van der Waals surface area contributed by atoms with Crippen LogP contribution in [0.2, 0.25) is 0 Å². The van der Waals surface area contributed by atoms with Gasteiger partial charge in [-0.25, -0.2) is 0 Å². The first-order chi connectivity index (χ1) is 7.79. The summed E-state index contributed by atoms with van der Waals surface area (Å²) in [4.78, 5) is 0. The quantitative estimate of drug-likeness (QED) is 0.718. The minimum atomic E-state index is 0.724. The second-order valence-corrected chi connectivity index (χ2v) is 5.25. The van der Waals surface area contributed by atoms with Crippen LogP contribution < -0.4 is 0 Å². The molecule has 1 aromatic rings. The highest BCUT2D eigenvalue weighted by atomic mass is 79.9. The molecule has 1 saturated carbocycles. The van der Waals surface area contributed by atoms with Crippen LogP contribution in [0.5, 0.6) is 0 Å². The summed E-state index contributed by atoms with van der Waals surface area (Å²) in [5, 5.41) is 0. The molecule has 1 aromatic carbocycles. The molecule has 0 bridgehead atoms. The zero-order valence-electron chi connectivity index (χ0n) is 9.58. The molecular weight excluding hydrogens is 264 g/mol. The van der Waals surface area contributed by atoms with E-state index in [0.29, 0.717) is 0 Å². The second-order valence-electron chi connectivity index (χ2n) is 4.34. The molecule has 86 valence electrons. The molecule has 0 N–H and O–H groups in total. The summed E-state index contributed by atoms with van der Waals surface area (Å²) in [6.45, 7) is 0. The lowest BCUT2D eigenvalue weighted by atomic mass is 9.82. The summed E-state index contributed by atoms with van der Waals surface area (Å²) in [6, 6.07) is 8.74. The molecule has 2 heteroatoms. The number of methoxy groups -OCH3 is 1. The van der Waals surface area contributed by atoms with Gasteiger partial charge in [0.05, 0.1) is 13.4 Å². The van der Waals surface area contributed by atoms with Crippen molar-refractivity contribution in [2.24, 2.45) is 0 Å². The predicted octanol–water partition coefficient (Wildman–Crippen LogP) is 4.64. The van der Waals surface area contributed by atoms with E-state index in [1.54, 1.807) is 7.11 Å². The summed E-state index contributed by atoms with van der Waals surface area (Å²) in [7, 11) is 1.73. The lowest BCUT2D eigenvalue weighted by Gasteiger charge is -2.24. The highest BCUT2D eigenvalue weighted by molar-refractivity contribution is 9.10. The van der Waals surface area contributed by atoms with Crippen LogP contribution in [0.15, 0.2) is 40.6 Å². The number of benzene rings is 1. The van der Waals surface area contributed by atoms with Gasteiger partial charge >= 0.3 is 0 Å². The van der Waals surface area contributed by atoms with E-state index in [1.807, 2.05) is 6.26 Å². The SMILES string of the molecule is COC=C1CCC(c2ccc(Br)cc2)CC1. The van der Waals surface area contributed by atoms with Crippen molar-refractivity contribution in [1.29, 1.82) is 0 Å². The number of rotatable bonds is 2. The van der Waals surface area contributed by atoms with Crippen molar-refractivity contribution in [3.63, 3.8) is 0 Å². The van der Waals surface area contributed by atoms with Crippen molar-refractivity contribution in [3.8, 4) is 0 Å². The molecule has 1 aliphatic carbocycles. The normalized spacial score (nSPS) is 20.6. The molecule has 2 rings (SSSR count). The third-order valence-electron chi connectivity index (χ3n) is 3.25. The van der Waals surface area contributed by atoms with Gasteiger partial charge in [-0.3, -0.25) is 0 Å². The zero-order valence-corrected chi connectivity index (χ0v) is 11.2. The lowest BCUT2D eigenvalue weighted by molar-refractivity contribution is 0.326. The summed E-state index contributed by atoms with van der Waals surface area (Å²) < 4.78 is 6.23. The molecule has 0 unspecified atom stereocenters. The van der Waals surface area contributed by atoms with E-state index >= 15 is 0 Å². The van der Waals surface area contributed by atoms with Crippen LogP contribution in [0.4, 0.5) is 0 Å². The first-order valence-electron chi connectivity index (χ1n) is 5.76. The van der Waals surface area contributed by atoms with Gasteiger partial charge in [-0.1, -0.05) is 28.1 Å². The van der Waals surface area contributed by atoms with Gasteiger partial charge in [0, 0.05) is 4.47 Å². The van der Waals surface area contributed by atoms with Crippen molar-refractivity contribution < 1.29 is 4.74 Å². The summed E-state index contributed by atoms with van der Waals surface area (Å²) in [6.07, 6.45) is 6.76. The van der Waals surface area contributed by atoms with E-state index in [2.05, 4.69) is 40.2 Å². The number of allylic oxidation sites excluding steroid dienone is 1. The number of ether oxygens (including phenoxy) is 1. The summed E-state index contributed by atoms with van der Waals surface area (Å²) >= 11 is 3.47. The maximum Gasteiger partial charge on any atom is 0.0816 e. The molecule has 16 heavy (non-hydrogen) atoms. The number of hydrogen-bond acceptors (Lipinski definition) is 1. The molecule has 0 amide bonds. The van der Waals surface area contributed by atoms with E-state index in [0.717, 1.165) is 10.4 Å². The minimum Gasteiger partial charge on any atom is -0.504 e. The Morgan fingerprint density at radius 1 is 1.19 bits per heavy atom. The Kier molecular flexibility index (Phi) is 4.05. The Morgan fingerprint density at radius 3 is 2.38 bits per heavy atom. The van der Waals surface area contributed by atoms with Crippen molar-refractivity contribution in [2.45, 2.75) is 31.6 Å². The monoisotopic (exact) mass is 280 g/mol. The minimum absolute atomic E-state index is 0.724. The molecule has 0 aromatic heterocycles. The van der Waals surface area contributed by atoms with Crippen LogP contribution in [0, 0.1) is 0 Å². The standard InChI is InChI=1S/C14H17BrO/c1-16-10-11-2-4-12(5-3-11)13-6-8-14(15)9-7-13/h6-10,12H,2-5H2,1H3. The first-order valence-corrected chi connectivity index (χ1v) is 6.55. The summed E-state index contributed by atoms with van der Waals surface area (Å²) in [5.74, 6) is 0.724. The Bertz CT molecular complexity index is 357. The smallest absolute Gasteiger partial charge is 0.0816 e. The molecule has 1 aliphatic rings. The van der Waals surface area contributed by atoms with Gasteiger partial charge in [-0.15, -0.1) is 0 Å². The highest BCUT2D eigenvalue weighted by Gasteiger charge is 2.18. The second kappa shape index (κ2) is 5.53. The van der Waals surface area contributed by atoms with Gasteiger partial charge in [-0.05, 0) is 54.9 Å². The average Bonchev–Trinajstić information content (AvgIpc) is 2.32. The molecular formula is C14H17BrO. The zero-order chi connectivity index (χ0) is 11.4. The Labute approximate surface area is 106 Å². The maximum absolute atomic E-state index is 5.07. The highest BCUT2D eigenvalue weighted by Crippen LogP contribution is 2.35. The van der Waals surface area contributed by atoms with Crippen molar-refractivity contribution in [1.82, 2.24) is 0 Å². The average molecular weight is 281 g/mol. The van der Waals surface area contributed by atoms with Crippen molar-refractivity contribution in [3.05, 3.63) is 46.1 Å². The molecule has 0 spiro atoms. The van der Waals surface area contributed by atoms with Gasteiger partial charge < -0.3 is 4.74 Å². The third kappa shape index (κ3) is 2.88. The van der Waals surface area contributed by atoms with Crippen molar-refractivity contribution >= 4 is 15.9 Å². The fraction of sp³-hybridized carbons (Fsp3) is 0.429. The van der Waals surface area contributed by atoms with Gasteiger partial charge in [0.2, 0.25) is 0 Å². The van der Waals surface area contributed by atoms with Gasteiger partial charge in [0.1, 0.15) is 0 Å². The Morgan fingerprint density at radius 2 is 1.81 bits per heavy atom. The van der Waals surface area contributed by atoms with Gasteiger partial charge in [0.25, 0.3) is 0 Å². The molecule has 0 heterocycles. The van der Waals surface area contributed by atoms with Crippen LogP contribution >= 0.6 is 15.9 Å². The lowest BCUT2D eigenvalue weighted by Crippen LogP contribution is -2.06. The van der Waals surface area contributed by atoms with E-state index < -0.39 is 0 Å². The number of hydrogen-bond donors (Lipinski definition) is 0. The van der Waals surface area contributed by atoms with Crippen LogP contribution in [0.25, 0.3) is 0 Å². The van der Waals surface area contributed by atoms with E-state index in [1.165, 1.54) is 36.8 Å². The van der Waals surface area contributed by atoms with E-state index in [4.69, 9.17) is 4.74 Å². The predicted molar refractivity (Wildman–Crippen MR) is 70.4 cm³/mol. The maximum atomic E-state index is 5.07. The third-order valence-corrected chi connectivity index (χ3v) is 3.78. The van der Waals surface area contributed by atoms with Crippen LogP contribution in [-0.2, 0) is 4.74 Å². The topological polar surface area (TPSA) is 9.23 Å². The fourth-order valence-corrected chi connectivity index (χ4v) is 2.61. The van der Waals surface area contributed by atoms with Gasteiger partial charge in [-0.2, -0.15) is 0 Å². The van der Waals surface area contributed by atoms with E-state index in [9.17, 15) is 0 Å². The summed E-state index contributed by atoms with van der Waals surface area (Å²) in [5.41, 5.74) is 2.93. The van der Waals surface area contributed by atoms with E-state index in [-0.39, 0.29) is 0 Å². The first kappa shape index (κ1) is 11.7. The van der Waals surface area contributed by atoms with Crippen LogP contribution in [0.3, 0.4) is 0 Å². The van der Waals surface area contributed by atoms with Crippen LogP contribution in [0.1, 0.15) is 37.2 Å². The fourth-order valence-electron chi connectivity index (χ4n) is 2.34. The molecule has 1 fully saturated rings.